The molecule has 1 aliphatic rings. The fourth-order valence-corrected chi connectivity index (χ4v) is 2.56. The van der Waals surface area contributed by atoms with Gasteiger partial charge in [0.2, 0.25) is 5.95 Å². The summed E-state index contributed by atoms with van der Waals surface area (Å²) in [4.78, 5) is 10.0. The molecule has 0 spiro atoms. The van der Waals surface area contributed by atoms with Gasteiger partial charge in [-0.15, -0.1) is 0 Å². The van der Waals surface area contributed by atoms with Crippen molar-refractivity contribution >= 4 is 18.0 Å². The van der Waals surface area contributed by atoms with E-state index in [0.29, 0.717) is 26.3 Å². The van der Waals surface area contributed by atoms with Crippen LogP contribution in [0.4, 0.5) is 16.2 Å². The first-order valence-corrected chi connectivity index (χ1v) is 9.07. The number of para-hydroxylation sites is 1. The van der Waals surface area contributed by atoms with Gasteiger partial charge in [0.25, 0.3) is 0 Å². The topological polar surface area (TPSA) is 71.9 Å². The smallest absolute Gasteiger partial charge is 0.245 e. The number of hydrazone groups is 1. The Labute approximate surface area is 158 Å². The molecule has 1 fully saturated rings. The van der Waals surface area contributed by atoms with Gasteiger partial charge in [-0.25, -0.2) is 14.8 Å². The number of nitrogens with one attached hydrogen (secondary N) is 1. The van der Waals surface area contributed by atoms with Crippen LogP contribution in [0.2, 0.25) is 0 Å². The predicted octanol–water partition coefficient (Wildman–Crippen LogP) is 3.08. The van der Waals surface area contributed by atoms with Crippen LogP contribution in [0.5, 0.6) is 5.75 Å². The molecule has 1 N–H and O–H groups in total. The molecular formula is C19H24FN5O2. The van der Waals surface area contributed by atoms with Gasteiger partial charge >= 0.3 is 0 Å². The van der Waals surface area contributed by atoms with Crippen molar-refractivity contribution in [2.45, 2.75) is 26.4 Å². The summed E-state index contributed by atoms with van der Waals surface area (Å²) in [6.07, 6.45) is 3.82. The first-order chi connectivity index (χ1) is 13.2. The molecule has 1 aromatic heterocycles. The van der Waals surface area contributed by atoms with Crippen molar-refractivity contribution in [1.29, 1.82) is 0 Å². The van der Waals surface area contributed by atoms with E-state index >= 15 is 0 Å². The molecule has 2 heterocycles. The number of nitrogens with zero attached hydrogens (tertiary/aromatic N) is 4. The lowest BCUT2D eigenvalue weighted by molar-refractivity contribution is 0.122. The highest BCUT2D eigenvalue weighted by molar-refractivity contribution is 5.83. The summed E-state index contributed by atoms with van der Waals surface area (Å²) in [5.41, 5.74) is 3.60. The fraction of sp³-hybridized carbons (Fsp3) is 0.421. The number of aromatic nitrogens is 2. The summed E-state index contributed by atoms with van der Waals surface area (Å²) in [6.45, 7) is 6.38. The van der Waals surface area contributed by atoms with Crippen molar-refractivity contribution in [1.82, 2.24) is 9.97 Å². The quantitative estimate of drug-likeness (QED) is 0.594. The summed E-state index contributed by atoms with van der Waals surface area (Å²) >= 11 is 0. The Morgan fingerprint density at radius 3 is 2.93 bits per heavy atom. The Bertz CT molecular complexity index is 780. The van der Waals surface area contributed by atoms with Gasteiger partial charge in [0.05, 0.1) is 31.7 Å². The Balaban J connectivity index is 1.70. The highest BCUT2D eigenvalue weighted by atomic mass is 19.1. The molecule has 0 unspecified atom stereocenters. The van der Waals surface area contributed by atoms with Crippen LogP contribution < -0.4 is 15.1 Å². The number of rotatable bonds is 7. The van der Waals surface area contributed by atoms with Crippen LogP contribution in [-0.2, 0) is 4.74 Å². The van der Waals surface area contributed by atoms with E-state index in [4.69, 9.17) is 9.47 Å². The van der Waals surface area contributed by atoms with Crippen molar-refractivity contribution in [3.8, 4) is 5.75 Å². The molecule has 7 nitrogen and oxygen atoms in total. The molecule has 0 radical (unpaired) electrons. The molecule has 0 bridgehead atoms. The van der Waals surface area contributed by atoms with Crippen LogP contribution in [-0.4, -0.2) is 48.6 Å². The van der Waals surface area contributed by atoms with Crippen LogP contribution in [0.3, 0.4) is 0 Å². The van der Waals surface area contributed by atoms with E-state index in [1.807, 2.05) is 36.1 Å². The van der Waals surface area contributed by atoms with E-state index in [0.717, 1.165) is 23.9 Å². The lowest BCUT2D eigenvalue weighted by atomic mass is 10.2. The fourth-order valence-electron chi connectivity index (χ4n) is 2.56. The van der Waals surface area contributed by atoms with Gasteiger partial charge in [0.15, 0.2) is 11.6 Å². The molecule has 144 valence electrons. The van der Waals surface area contributed by atoms with E-state index in [2.05, 4.69) is 27.4 Å². The van der Waals surface area contributed by atoms with Gasteiger partial charge in [0.1, 0.15) is 5.75 Å². The van der Waals surface area contributed by atoms with Crippen LogP contribution in [0.25, 0.3) is 0 Å². The Morgan fingerprint density at radius 1 is 1.37 bits per heavy atom. The normalized spacial score (nSPS) is 15.7. The molecule has 27 heavy (non-hydrogen) atoms. The second kappa shape index (κ2) is 9.27. The number of benzene rings is 1. The van der Waals surface area contributed by atoms with Crippen molar-refractivity contribution < 1.29 is 13.9 Å². The number of anilines is 2. The lowest BCUT2D eigenvalue weighted by Crippen LogP contribution is -2.37. The third-order valence-corrected chi connectivity index (χ3v) is 4.23. The molecule has 1 atom stereocenters. The van der Waals surface area contributed by atoms with Crippen molar-refractivity contribution in [3.05, 3.63) is 41.8 Å². The van der Waals surface area contributed by atoms with Crippen molar-refractivity contribution in [2.75, 3.05) is 36.6 Å². The molecule has 0 amide bonds. The Hall–Kier alpha value is -2.74. The summed E-state index contributed by atoms with van der Waals surface area (Å²) in [7, 11) is 0. The molecule has 0 aliphatic carbocycles. The average Bonchev–Trinajstić information content (AvgIpc) is 2.71. The van der Waals surface area contributed by atoms with Crippen molar-refractivity contribution in [2.24, 2.45) is 5.10 Å². The zero-order valence-electron chi connectivity index (χ0n) is 15.6. The third-order valence-electron chi connectivity index (χ3n) is 4.23. The lowest BCUT2D eigenvalue weighted by Gasteiger charge is -2.27. The minimum absolute atomic E-state index is 0.115. The molecule has 1 aromatic carbocycles. The number of hydrogen-bond donors (Lipinski definition) is 1. The highest BCUT2D eigenvalue weighted by Crippen LogP contribution is 2.20. The number of halogens is 1. The maximum atomic E-state index is 14.1. The second-order valence-electron chi connectivity index (χ2n) is 6.21. The monoisotopic (exact) mass is 373 g/mol. The maximum Gasteiger partial charge on any atom is 0.245 e. The molecule has 8 heteroatoms. The molecule has 2 aromatic rings. The summed E-state index contributed by atoms with van der Waals surface area (Å²) in [5.74, 6) is 0.783. The first-order valence-electron chi connectivity index (χ1n) is 9.07. The van der Waals surface area contributed by atoms with Crippen LogP contribution in [0, 0.1) is 5.82 Å². The average molecular weight is 373 g/mol. The van der Waals surface area contributed by atoms with Gasteiger partial charge in [-0.2, -0.15) is 10.1 Å². The molecule has 1 saturated heterocycles. The van der Waals surface area contributed by atoms with Gasteiger partial charge in [-0.1, -0.05) is 19.1 Å². The van der Waals surface area contributed by atoms with Crippen LogP contribution in [0.15, 0.2) is 35.6 Å². The Kier molecular flexibility index (Phi) is 6.54. The van der Waals surface area contributed by atoms with Gasteiger partial charge in [0, 0.05) is 18.7 Å². The summed E-state index contributed by atoms with van der Waals surface area (Å²) < 4.78 is 25.2. The molecule has 1 aliphatic heterocycles. The molecule has 3 rings (SSSR count). The standard InChI is InChI=1S/C19H24FN5O2/c1-3-14(2)27-17-7-5-4-6-15(17)12-22-24-19-21-13-16(20)18(23-19)25-8-10-26-11-9-25/h4-7,12-14H,3,8-11H2,1-2H3,(H,21,23,24)/b22-12+/t14-/m0/s1. The van der Waals surface area contributed by atoms with E-state index in [-0.39, 0.29) is 17.9 Å². The van der Waals surface area contributed by atoms with E-state index in [1.165, 1.54) is 0 Å². The summed E-state index contributed by atoms with van der Waals surface area (Å²) in [6, 6.07) is 7.64. The Morgan fingerprint density at radius 2 is 2.15 bits per heavy atom. The summed E-state index contributed by atoms with van der Waals surface area (Å²) in [5, 5.41) is 4.18. The SMILES string of the molecule is CC[C@H](C)Oc1ccccc1/C=N/Nc1ncc(F)c(N2CCOCC2)n1. The maximum absolute atomic E-state index is 14.1. The van der Waals surface area contributed by atoms with Gasteiger partial charge in [-0.3, -0.25) is 0 Å². The largest absolute Gasteiger partial charge is 0.490 e. The second-order valence-corrected chi connectivity index (χ2v) is 6.21. The van der Waals surface area contributed by atoms with Gasteiger partial charge in [-0.05, 0) is 25.5 Å². The predicted molar refractivity (Wildman–Crippen MR) is 103 cm³/mol. The van der Waals surface area contributed by atoms with Crippen molar-refractivity contribution in [3.63, 3.8) is 0 Å². The minimum atomic E-state index is -0.460. The van der Waals surface area contributed by atoms with Crippen LogP contribution >= 0.6 is 0 Å². The van der Waals surface area contributed by atoms with E-state index in [9.17, 15) is 4.39 Å². The zero-order chi connectivity index (χ0) is 19.1. The van der Waals surface area contributed by atoms with E-state index < -0.39 is 5.82 Å². The molecular weight excluding hydrogens is 349 g/mol. The molecule has 0 saturated carbocycles. The van der Waals surface area contributed by atoms with E-state index in [1.54, 1.807) is 6.21 Å². The minimum Gasteiger partial charge on any atom is -0.490 e. The van der Waals surface area contributed by atoms with Crippen LogP contribution in [0.1, 0.15) is 25.8 Å². The number of hydrogen-bond acceptors (Lipinski definition) is 7. The first kappa shape index (κ1) is 19.0. The zero-order valence-corrected chi connectivity index (χ0v) is 15.6. The number of ether oxygens (including phenoxy) is 2. The highest BCUT2D eigenvalue weighted by Gasteiger charge is 2.17. The van der Waals surface area contributed by atoms with Gasteiger partial charge < -0.3 is 14.4 Å². The third kappa shape index (κ3) is 5.13. The number of morpholine rings is 1.